The molecule has 5 nitrogen and oxygen atoms in total. The van der Waals surface area contributed by atoms with Crippen LogP contribution in [0.5, 0.6) is 0 Å². The summed E-state index contributed by atoms with van der Waals surface area (Å²) in [6.07, 6.45) is 1.66. The maximum absolute atomic E-state index is 12.4. The first-order valence-corrected chi connectivity index (χ1v) is 5.98. The molecule has 1 heterocycles. The Balaban J connectivity index is 2.43. The maximum atomic E-state index is 12.4. The van der Waals surface area contributed by atoms with E-state index in [1.165, 1.54) is 4.90 Å². The molecule has 1 aromatic heterocycles. The maximum Gasteiger partial charge on any atom is 0.323 e. The Kier molecular flexibility index (Phi) is 3.75. The van der Waals surface area contributed by atoms with E-state index in [0.29, 0.717) is 12.1 Å². The first-order chi connectivity index (χ1) is 9.13. The van der Waals surface area contributed by atoms with E-state index >= 15 is 0 Å². The van der Waals surface area contributed by atoms with Crippen molar-refractivity contribution in [3.63, 3.8) is 0 Å². The van der Waals surface area contributed by atoms with Crippen LogP contribution in [0.3, 0.4) is 0 Å². The number of hydrogen-bond donors (Lipinski definition) is 1. The highest BCUT2D eigenvalue weighted by Crippen LogP contribution is 2.18. The number of fused-ring (bicyclic) bond motifs is 1. The van der Waals surface area contributed by atoms with Gasteiger partial charge in [-0.2, -0.15) is 0 Å². The third-order valence-electron chi connectivity index (χ3n) is 2.87. The van der Waals surface area contributed by atoms with E-state index in [1.807, 2.05) is 12.1 Å². The van der Waals surface area contributed by atoms with Crippen LogP contribution in [0.25, 0.3) is 10.9 Å². The van der Waals surface area contributed by atoms with E-state index in [1.54, 1.807) is 31.3 Å². The van der Waals surface area contributed by atoms with Crippen molar-refractivity contribution in [2.45, 2.75) is 6.92 Å². The van der Waals surface area contributed by atoms with Crippen LogP contribution in [0, 0.1) is 0 Å². The predicted octanol–water partition coefficient (Wildman–Crippen LogP) is 1.78. The molecule has 0 bridgehead atoms. The molecule has 0 aliphatic rings. The Hall–Kier alpha value is -2.43. The minimum absolute atomic E-state index is 0.288. The van der Waals surface area contributed by atoms with Gasteiger partial charge in [0.2, 0.25) is 0 Å². The van der Waals surface area contributed by atoms with Crippen LogP contribution in [-0.4, -0.2) is 40.0 Å². The van der Waals surface area contributed by atoms with E-state index in [0.717, 1.165) is 10.9 Å². The van der Waals surface area contributed by atoms with Gasteiger partial charge in [0.05, 0.1) is 5.52 Å². The fourth-order valence-corrected chi connectivity index (χ4v) is 1.95. The number of likely N-dealkylation sites (N-methyl/N-ethyl adjacent to an activating group) is 1. The van der Waals surface area contributed by atoms with Gasteiger partial charge in [-0.15, -0.1) is 0 Å². The third kappa shape index (κ3) is 2.70. The SMILES string of the molecule is CCN(CC(=O)O)C(=O)c1cccc2ncccc12. The van der Waals surface area contributed by atoms with E-state index < -0.39 is 5.97 Å². The molecule has 1 aromatic carbocycles. The van der Waals surface area contributed by atoms with E-state index in [-0.39, 0.29) is 12.5 Å². The van der Waals surface area contributed by atoms with Gasteiger partial charge in [0, 0.05) is 23.7 Å². The number of hydrogen-bond acceptors (Lipinski definition) is 3. The zero-order chi connectivity index (χ0) is 13.8. The molecule has 0 unspecified atom stereocenters. The Morgan fingerprint density at radius 1 is 1.26 bits per heavy atom. The number of rotatable bonds is 4. The van der Waals surface area contributed by atoms with Gasteiger partial charge in [-0.25, -0.2) is 0 Å². The predicted molar refractivity (Wildman–Crippen MR) is 71.0 cm³/mol. The van der Waals surface area contributed by atoms with Gasteiger partial charge in [-0.3, -0.25) is 14.6 Å². The summed E-state index contributed by atoms with van der Waals surface area (Å²) in [6, 6.07) is 8.82. The molecule has 0 spiro atoms. The number of nitrogens with zero attached hydrogens (tertiary/aromatic N) is 2. The zero-order valence-electron chi connectivity index (χ0n) is 10.5. The summed E-state index contributed by atoms with van der Waals surface area (Å²) in [7, 11) is 0. The molecule has 1 N–H and O–H groups in total. The van der Waals surface area contributed by atoms with Crippen LogP contribution in [0.4, 0.5) is 0 Å². The van der Waals surface area contributed by atoms with Gasteiger partial charge in [-0.05, 0) is 25.1 Å². The average molecular weight is 258 g/mol. The summed E-state index contributed by atoms with van der Waals surface area (Å²) in [5.41, 5.74) is 1.20. The molecule has 0 aliphatic carbocycles. The molecule has 0 saturated carbocycles. The molecule has 98 valence electrons. The summed E-state index contributed by atoms with van der Waals surface area (Å²) < 4.78 is 0. The lowest BCUT2D eigenvalue weighted by atomic mass is 10.1. The molecule has 2 aromatic rings. The topological polar surface area (TPSA) is 70.5 Å². The van der Waals surface area contributed by atoms with E-state index in [2.05, 4.69) is 4.98 Å². The van der Waals surface area contributed by atoms with Crippen LogP contribution in [0.2, 0.25) is 0 Å². The molecule has 2 rings (SSSR count). The summed E-state index contributed by atoms with van der Waals surface area (Å²) in [5, 5.41) is 9.55. The lowest BCUT2D eigenvalue weighted by molar-refractivity contribution is -0.137. The molecule has 0 radical (unpaired) electrons. The third-order valence-corrected chi connectivity index (χ3v) is 2.87. The molecule has 0 fully saturated rings. The normalized spacial score (nSPS) is 10.4. The number of aliphatic carboxylic acids is 1. The van der Waals surface area contributed by atoms with Crippen LogP contribution >= 0.6 is 0 Å². The van der Waals surface area contributed by atoms with E-state index in [4.69, 9.17) is 5.11 Å². The standard InChI is InChI=1S/C14H14N2O3/c1-2-16(9-13(17)18)14(19)11-5-3-7-12-10(11)6-4-8-15-12/h3-8H,2,9H2,1H3,(H,17,18). The number of benzene rings is 1. The van der Waals surface area contributed by atoms with Crippen molar-refractivity contribution >= 4 is 22.8 Å². The Bertz CT molecular complexity index is 620. The Morgan fingerprint density at radius 2 is 2.05 bits per heavy atom. The summed E-state index contributed by atoms with van der Waals surface area (Å²) >= 11 is 0. The Labute approximate surface area is 110 Å². The quantitative estimate of drug-likeness (QED) is 0.907. The van der Waals surface area contributed by atoms with Gasteiger partial charge >= 0.3 is 5.97 Å². The Morgan fingerprint density at radius 3 is 2.74 bits per heavy atom. The van der Waals surface area contributed by atoms with Crippen LogP contribution < -0.4 is 0 Å². The first-order valence-electron chi connectivity index (χ1n) is 5.98. The fraction of sp³-hybridized carbons (Fsp3) is 0.214. The molecular weight excluding hydrogens is 244 g/mol. The van der Waals surface area contributed by atoms with Crippen molar-refractivity contribution in [2.75, 3.05) is 13.1 Å². The number of carbonyl (C=O) groups is 2. The number of pyridine rings is 1. The molecular formula is C14H14N2O3. The number of amides is 1. The largest absolute Gasteiger partial charge is 0.480 e. The van der Waals surface area contributed by atoms with Gasteiger partial charge in [-0.1, -0.05) is 12.1 Å². The second-order valence-electron chi connectivity index (χ2n) is 4.09. The summed E-state index contributed by atoms with van der Waals surface area (Å²) in [4.78, 5) is 28.6. The minimum atomic E-state index is -1.02. The van der Waals surface area contributed by atoms with Gasteiger partial charge < -0.3 is 10.0 Å². The molecule has 0 aliphatic heterocycles. The van der Waals surface area contributed by atoms with Gasteiger partial charge in [0.15, 0.2) is 0 Å². The smallest absolute Gasteiger partial charge is 0.323 e. The number of carbonyl (C=O) groups excluding carboxylic acids is 1. The van der Waals surface area contributed by atoms with E-state index in [9.17, 15) is 9.59 Å². The first kappa shape index (κ1) is 13.0. The zero-order valence-corrected chi connectivity index (χ0v) is 10.5. The minimum Gasteiger partial charge on any atom is -0.480 e. The fourth-order valence-electron chi connectivity index (χ4n) is 1.95. The second kappa shape index (κ2) is 5.48. The summed E-state index contributed by atoms with van der Waals surface area (Å²) in [5.74, 6) is -1.31. The van der Waals surface area contributed by atoms with Crippen molar-refractivity contribution in [2.24, 2.45) is 0 Å². The van der Waals surface area contributed by atoms with Crippen molar-refractivity contribution in [1.29, 1.82) is 0 Å². The lowest BCUT2D eigenvalue weighted by Gasteiger charge is -2.19. The molecule has 5 heteroatoms. The van der Waals surface area contributed by atoms with Crippen LogP contribution in [-0.2, 0) is 4.79 Å². The highest BCUT2D eigenvalue weighted by atomic mass is 16.4. The summed E-state index contributed by atoms with van der Waals surface area (Å²) in [6.45, 7) is 1.80. The van der Waals surface area contributed by atoms with Crippen molar-refractivity contribution in [3.05, 3.63) is 42.1 Å². The van der Waals surface area contributed by atoms with Crippen LogP contribution in [0.1, 0.15) is 17.3 Å². The highest BCUT2D eigenvalue weighted by Gasteiger charge is 2.18. The van der Waals surface area contributed by atoms with Crippen LogP contribution in [0.15, 0.2) is 36.5 Å². The van der Waals surface area contributed by atoms with Crippen molar-refractivity contribution in [3.8, 4) is 0 Å². The van der Waals surface area contributed by atoms with Crippen molar-refractivity contribution < 1.29 is 14.7 Å². The molecule has 1 amide bonds. The second-order valence-corrected chi connectivity index (χ2v) is 4.09. The number of aromatic nitrogens is 1. The van der Waals surface area contributed by atoms with Crippen molar-refractivity contribution in [1.82, 2.24) is 9.88 Å². The lowest BCUT2D eigenvalue weighted by Crippen LogP contribution is -2.35. The molecule has 0 atom stereocenters. The average Bonchev–Trinajstić information content (AvgIpc) is 2.43. The monoisotopic (exact) mass is 258 g/mol. The molecule has 0 saturated heterocycles. The number of carboxylic acids is 1. The molecule has 19 heavy (non-hydrogen) atoms. The number of carboxylic acid groups (broad SMARTS) is 1. The van der Waals surface area contributed by atoms with Gasteiger partial charge in [0.1, 0.15) is 6.54 Å². The highest BCUT2D eigenvalue weighted by molar-refractivity contribution is 6.06. The van der Waals surface area contributed by atoms with Gasteiger partial charge in [0.25, 0.3) is 5.91 Å².